The van der Waals surface area contributed by atoms with Crippen LogP contribution in [0.2, 0.25) is 5.02 Å². The van der Waals surface area contributed by atoms with Gasteiger partial charge in [0, 0.05) is 17.8 Å². The molecule has 2 aromatic rings. The van der Waals surface area contributed by atoms with Crippen LogP contribution in [0, 0.1) is 17.3 Å². The van der Waals surface area contributed by atoms with E-state index in [4.69, 9.17) is 25.8 Å². The number of aromatic nitrogens is 2. The van der Waals surface area contributed by atoms with Crippen molar-refractivity contribution in [2.75, 3.05) is 26.6 Å². The number of benzene rings is 1. The van der Waals surface area contributed by atoms with E-state index in [2.05, 4.69) is 10.4 Å². The zero-order chi connectivity index (χ0) is 25.0. The number of nitrogens with zero attached hydrogens (tertiary/aromatic N) is 2. The standard InChI is InChI=1S/C25H30ClN3O6/c1-33-18-5-16(6-19(34-2)22(18)35-3)28-17-12-27-29(23(32)21(17)26)25-9-14-4-15(10-25)8-24(7-14,13-25)11-20(30)31/h5-6,12,14-15,28H,4,7-11,13H2,1-3H3,(H,30,31)/t14-,15+,24?,25?. The number of hydrogen-bond acceptors (Lipinski definition) is 7. The van der Waals surface area contributed by atoms with Crippen LogP contribution in [0.5, 0.6) is 17.2 Å². The Morgan fingerprint density at radius 3 is 2.31 bits per heavy atom. The average Bonchev–Trinajstić information content (AvgIpc) is 2.79. The summed E-state index contributed by atoms with van der Waals surface area (Å²) in [7, 11) is 4.58. The van der Waals surface area contributed by atoms with Crippen molar-refractivity contribution in [1.82, 2.24) is 9.78 Å². The molecule has 4 atom stereocenters. The van der Waals surface area contributed by atoms with Crippen LogP contribution in [0.25, 0.3) is 0 Å². The average molecular weight is 504 g/mol. The van der Waals surface area contributed by atoms with Crippen molar-refractivity contribution in [3.63, 3.8) is 0 Å². The molecule has 1 aromatic carbocycles. The van der Waals surface area contributed by atoms with Crippen molar-refractivity contribution in [3.8, 4) is 17.2 Å². The van der Waals surface area contributed by atoms with Crippen LogP contribution in [0.3, 0.4) is 0 Å². The van der Waals surface area contributed by atoms with Crippen LogP contribution in [-0.2, 0) is 10.3 Å². The molecule has 0 amide bonds. The summed E-state index contributed by atoms with van der Waals surface area (Å²) in [6, 6.07) is 3.44. The summed E-state index contributed by atoms with van der Waals surface area (Å²) in [5.74, 6) is 1.44. The fourth-order valence-electron chi connectivity index (χ4n) is 7.34. The second-order valence-electron chi connectivity index (χ2n) is 10.4. The monoisotopic (exact) mass is 503 g/mol. The minimum absolute atomic E-state index is 0.0387. The first-order valence-electron chi connectivity index (χ1n) is 11.8. The molecule has 1 heterocycles. The van der Waals surface area contributed by atoms with Gasteiger partial charge >= 0.3 is 5.97 Å². The maximum atomic E-state index is 13.5. The van der Waals surface area contributed by atoms with Crippen LogP contribution in [0.1, 0.15) is 44.9 Å². The molecule has 4 bridgehead atoms. The van der Waals surface area contributed by atoms with Crippen molar-refractivity contribution in [1.29, 1.82) is 0 Å². The highest BCUT2D eigenvalue weighted by atomic mass is 35.5. The number of carboxylic acid groups (broad SMARTS) is 1. The smallest absolute Gasteiger partial charge is 0.303 e. The van der Waals surface area contributed by atoms with E-state index in [-0.39, 0.29) is 22.4 Å². The Kier molecular flexibility index (Phi) is 5.86. The Hall–Kier alpha value is -2.94. The number of carbonyl (C=O) groups is 1. The molecule has 0 saturated heterocycles. The largest absolute Gasteiger partial charge is 0.493 e. The van der Waals surface area contributed by atoms with Crippen molar-refractivity contribution in [2.45, 2.75) is 50.5 Å². The molecule has 2 unspecified atom stereocenters. The molecule has 9 nitrogen and oxygen atoms in total. The second kappa shape index (κ2) is 8.62. The summed E-state index contributed by atoms with van der Waals surface area (Å²) in [4.78, 5) is 25.2. The third kappa shape index (κ3) is 3.99. The minimum Gasteiger partial charge on any atom is -0.493 e. The molecule has 0 radical (unpaired) electrons. The van der Waals surface area contributed by atoms with Gasteiger partial charge in [-0.15, -0.1) is 0 Å². The first-order valence-corrected chi connectivity index (χ1v) is 12.2. The lowest BCUT2D eigenvalue weighted by Crippen LogP contribution is -2.59. The molecule has 35 heavy (non-hydrogen) atoms. The highest BCUT2D eigenvalue weighted by Gasteiger charge is 2.59. The van der Waals surface area contributed by atoms with Crippen LogP contribution in [-0.4, -0.2) is 42.2 Å². The van der Waals surface area contributed by atoms with Gasteiger partial charge in [-0.2, -0.15) is 5.10 Å². The van der Waals surface area contributed by atoms with E-state index in [1.54, 1.807) is 23.0 Å². The minimum atomic E-state index is -0.773. The van der Waals surface area contributed by atoms with E-state index in [0.717, 1.165) is 32.1 Å². The van der Waals surface area contributed by atoms with Gasteiger partial charge in [0.15, 0.2) is 11.5 Å². The molecular formula is C25H30ClN3O6. The topological polar surface area (TPSA) is 112 Å². The SMILES string of the molecule is COc1cc(Nc2cnn(C34C[C@@H]5C[C@@H](CC(CC(=O)O)(C5)C3)C4)c(=O)c2Cl)cc(OC)c1OC. The highest BCUT2D eigenvalue weighted by Crippen LogP contribution is 2.65. The molecule has 0 aliphatic heterocycles. The summed E-state index contributed by atoms with van der Waals surface area (Å²) in [6.07, 6.45) is 6.98. The van der Waals surface area contributed by atoms with Gasteiger partial charge in [0.05, 0.1) is 45.2 Å². The summed E-state index contributed by atoms with van der Waals surface area (Å²) in [5, 5.41) is 17.3. The van der Waals surface area contributed by atoms with E-state index in [0.29, 0.717) is 46.9 Å². The number of ether oxygens (including phenoxy) is 3. The van der Waals surface area contributed by atoms with Crippen LogP contribution in [0.4, 0.5) is 11.4 Å². The Morgan fingerprint density at radius 1 is 1.14 bits per heavy atom. The van der Waals surface area contributed by atoms with Crippen LogP contribution < -0.4 is 25.1 Å². The van der Waals surface area contributed by atoms with E-state index in [1.807, 2.05) is 0 Å². The molecule has 4 aliphatic carbocycles. The number of nitrogens with one attached hydrogen (secondary N) is 1. The molecule has 2 N–H and O–H groups in total. The third-order valence-electron chi connectivity index (χ3n) is 7.99. The molecule has 1 aromatic heterocycles. The van der Waals surface area contributed by atoms with E-state index in [9.17, 15) is 14.7 Å². The molecule has 6 rings (SSSR count). The van der Waals surface area contributed by atoms with Crippen molar-refractivity contribution < 1.29 is 24.1 Å². The Bertz CT molecular complexity index is 1190. The van der Waals surface area contributed by atoms with Gasteiger partial charge in [-0.25, -0.2) is 4.68 Å². The maximum Gasteiger partial charge on any atom is 0.303 e. The lowest BCUT2D eigenvalue weighted by atomic mass is 9.46. The normalized spacial score (nSPS) is 28.6. The first kappa shape index (κ1) is 23.8. The van der Waals surface area contributed by atoms with E-state index in [1.165, 1.54) is 21.3 Å². The number of rotatable bonds is 8. The maximum absolute atomic E-state index is 13.5. The van der Waals surface area contributed by atoms with Gasteiger partial charge < -0.3 is 24.6 Å². The lowest BCUT2D eigenvalue weighted by molar-refractivity contribution is -0.151. The number of anilines is 2. The predicted molar refractivity (Wildman–Crippen MR) is 130 cm³/mol. The summed E-state index contributed by atoms with van der Waals surface area (Å²) in [6.45, 7) is 0. The van der Waals surface area contributed by atoms with Crippen LogP contribution >= 0.6 is 11.6 Å². The van der Waals surface area contributed by atoms with Crippen LogP contribution in [0.15, 0.2) is 23.1 Å². The van der Waals surface area contributed by atoms with Crippen molar-refractivity contribution in [3.05, 3.63) is 33.7 Å². The zero-order valence-electron chi connectivity index (χ0n) is 20.1. The van der Waals surface area contributed by atoms with Gasteiger partial charge in [0.2, 0.25) is 5.75 Å². The molecule has 0 spiro atoms. The van der Waals surface area contributed by atoms with Gasteiger partial charge in [-0.1, -0.05) is 11.6 Å². The fraction of sp³-hybridized carbons (Fsp3) is 0.560. The van der Waals surface area contributed by atoms with Gasteiger partial charge in [0.1, 0.15) is 5.02 Å². The van der Waals surface area contributed by atoms with Gasteiger partial charge in [0.25, 0.3) is 5.56 Å². The predicted octanol–water partition coefficient (Wildman–Crippen LogP) is 4.44. The third-order valence-corrected chi connectivity index (χ3v) is 8.35. The number of hydrogen-bond donors (Lipinski definition) is 2. The lowest BCUT2D eigenvalue weighted by Gasteiger charge is -2.61. The van der Waals surface area contributed by atoms with Gasteiger partial charge in [-0.3, -0.25) is 9.59 Å². The molecular weight excluding hydrogens is 474 g/mol. The van der Waals surface area contributed by atoms with E-state index >= 15 is 0 Å². The Balaban J connectivity index is 1.49. The fourth-order valence-corrected chi connectivity index (χ4v) is 7.52. The van der Waals surface area contributed by atoms with Crippen molar-refractivity contribution in [2.24, 2.45) is 17.3 Å². The first-order chi connectivity index (χ1) is 16.7. The molecule has 4 saturated carbocycles. The quantitative estimate of drug-likeness (QED) is 0.544. The summed E-state index contributed by atoms with van der Waals surface area (Å²) >= 11 is 6.60. The van der Waals surface area contributed by atoms with Gasteiger partial charge in [-0.05, 0) is 55.8 Å². The number of carboxylic acids is 1. The van der Waals surface area contributed by atoms with Crippen molar-refractivity contribution >= 4 is 28.9 Å². The number of halogens is 1. The molecule has 4 aliphatic rings. The molecule has 4 fully saturated rings. The number of methoxy groups -OCH3 is 3. The molecule has 188 valence electrons. The Labute approximate surface area is 208 Å². The summed E-state index contributed by atoms with van der Waals surface area (Å²) in [5.41, 5.74) is -0.151. The van der Waals surface area contributed by atoms with E-state index < -0.39 is 11.5 Å². The highest BCUT2D eigenvalue weighted by molar-refractivity contribution is 6.33. The second-order valence-corrected chi connectivity index (χ2v) is 10.8. The number of aliphatic carboxylic acids is 1. The Morgan fingerprint density at radius 2 is 1.77 bits per heavy atom. The molecule has 10 heteroatoms. The summed E-state index contributed by atoms with van der Waals surface area (Å²) < 4.78 is 17.7. The zero-order valence-corrected chi connectivity index (χ0v) is 20.9.